The fourth-order valence-corrected chi connectivity index (χ4v) is 1.49. The van der Waals surface area contributed by atoms with Gasteiger partial charge < -0.3 is 15.2 Å². The number of hydrogen-bond acceptors (Lipinski definition) is 3. The van der Waals surface area contributed by atoms with E-state index in [1.807, 2.05) is 31.2 Å². The van der Waals surface area contributed by atoms with Crippen LogP contribution in [0.3, 0.4) is 0 Å². The van der Waals surface area contributed by atoms with Gasteiger partial charge in [0.25, 0.3) is 0 Å². The molecule has 2 N–H and O–H groups in total. The van der Waals surface area contributed by atoms with Crippen molar-refractivity contribution in [2.75, 3.05) is 20.3 Å². The van der Waals surface area contributed by atoms with Crippen LogP contribution in [0.15, 0.2) is 24.3 Å². The summed E-state index contributed by atoms with van der Waals surface area (Å²) in [6.45, 7) is 1.82. The van der Waals surface area contributed by atoms with Crippen molar-refractivity contribution in [3.05, 3.63) is 35.4 Å². The van der Waals surface area contributed by atoms with Crippen molar-refractivity contribution >= 4 is 5.91 Å². The maximum Gasteiger partial charge on any atom is 0.246 e. The fraction of sp³-hybridized carbons (Fsp3) is 0.357. The van der Waals surface area contributed by atoms with Crippen LogP contribution in [0.5, 0.6) is 0 Å². The maximum atomic E-state index is 11.3. The largest absolute Gasteiger partial charge is 0.384 e. The van der Waals surface area contributed by atoms with E-state index in [0.29, 0.717) is 0 Å². The minimum Gasteiger partial charge on any atom is -0.384 e. The summed E-state index contributed by atoms with van der Waals surface area (Å²) in [5, 5.41) is 11.4. The van der Waals surface area contributed by atoms with Gasteiger partial charge in [-0.1, -0.05) is 24.0 Å². The van der Waals surface area contributed by atoms with E-state index in [9.17, 15) is 4.79 Å². The predicted octanol–water partition coefficient (Wildman–Crippen LogP) is 0.854. The molecule has 18 heavy (non-hydrogen) atoms. The first-order valence-corrected chi connectivity index (χ1v) is 5.65. The lowest BCUT2D eigenvalue weighted by Crippen LogP contribution is -2.29. The molecule has 4 heteroatoms. The highest BCUT2D eigenvalue weighted by Crippen LogP contribution is 2.12. The Labute approximate surface area is 107 Å². The van der Waals surface area contributed by atoms with Gasteiger partial charge >= 0.3 is 0 Å². The minimum atomic E-state index is -0.148. The quantitative estimate of drug-likeness (QED) is 0.776. The summed E-state index contributed by atoms with van der Waals surface area (Å²) >= 11 is 0. The van der Waals surface area contributed by atoms with Gasteiger partial charge in [0.1, 0.15) is 13.2 Å². The number of aliphatic hydroxyl groups is 1. The third-order valence-electron chi connectivity index (χ3n) is 2.38. The molecule has 1 amide bonds. The molecule has 0 aromatic heterocycles. The summed E-state index contributed by atoms with van der Waals surface area (Å²) < 4.78 is 4.75. The summed E-state index contributed by atoms with van der Waals surface area (Å²) in [5.41, 5.74) is 1.83. The number of carbonyl (C=O) groups is 1. The Morgan fingerprint density at radius 3 is 2.67 bits per heavy atom. The first kappa shape index (κ1) is 14.2. The smallest absolute Gasteiger partial charge is 0.246 e. The normalized spacial score (nSPS) is 11.3. The molecule has 0 aliphatic carbocycles. The van der Waals surface area contributed by atoms with E-state index in [4.69, 9.17) is 9.84 Å². The van der Waals surface area contributed by atoms with Crippen LogP contribution in [0, 0.1) is 11.8 Å². The van der Waals surface area contributed by atoms with E-state index in [0.717, 1.165) is 11.1 Å². The molecular formula is C14H17NO3. The average Bonchev–Trinajstić information content (AvgIpc) is 2.37. The number of carbonyl (C=O) groups excluding carboxylic acids is 1. The van der Waals surface area contributed by atoms with E-state index in [1.165, 1.54) is 7.11 Å². The molecule has 1 aromatic carbocycles. The second-order valence-electron chi connectivity index (χ2n) is 3.80. The van der Waals surface area contributed by atoms with Crippen molar-refractivity contribution in [2.45, 2.75) is 13.0 Å². The van der Waals surface area contributed by atoms with Gasteiger partial charge in [0, 0.05) is 12.7 Å². The van der Waals surface area contributed by atoms with E-state index in [2.05, 4.69) is 17.2 Å². The summed E-state index contributed by atoms with van der Waals surface area (Å²) in [6.07, 6.45) is 0. The number of benzene rings is 1. The van der Waals surface area contributed by atoms with Crippen LogP contribution in [0.2, 0.25) is 0 Å². The number of ether oxygens (including phenoxy) is 1. The molecule has 1 rings (SSSR count). The van der Waals surface area contributed by atoms with Crippen molar-refractivity contribution in [1.29, 1.82) is 0 Å². The number of amides is 1. The molecule has 0 radical (unpaired) electrons. The first-order valence-electron chi connectivity index (χ1n) is 5.65. The van der Waals surface area contributed by atoms with Crippen LogP contribution in [-0.4, -0.2) is 31.3 Å². The third-order valence-corrected chi connectivity index (χ3v) is 2.38. The SMILES string of the molecule is COCC(=O)NC(C)c1ccc(C#CCO)cc1. The molecule has 1 atom stereocenters. The number of nitrogens with one attached hydrogen (secondary N) is 1. The molecule has 0 heterocycles. The van der Waals surface area contributed by atoms with Crippen LogP contribution in [-0.2, 0) is 9.53 Å². The van der Waals surface area contributed by atoms with Crippen molar-refractivity contribution in [2.24, 2.45) is 0 Å². The van der Waals surface area contributed by atoms with Gasteiger partial charge in [0.05, 0.1) is 6.04 Å². The fourth-order valence-electron chi connectivity index (χ4n) is 1.49. The van der Waals surface area contributed by atoms with Crippen LogP contribution in [0.4, 0.5) is 0 Å². The number of hydrogen-bond donors (Lipinski definition) is 2. The topological polar surface area (TPSA) is 58.6 Å². The zero-order chi connectivity index (χ0) is 13.4. The Hall–Kier alpha value is -1.83. The Kier molecular flexibility index (Phi) is 5.92. The minimum absolute atomic E-state index is 0.0599. The molecule has 0 spiro atoms. The van der Waals surface area contributed by atoms with Crippen LogP contribution < -0.4 is 5.32 Å². The van der Waals surface area contributed by atoms with Gasteiger partial charge in [-0.15, -0.1) is 0 Å². The molecule has 0 aliphatic rings. The number of rotatable bonds is 4. The van der Waals surface area contributed by atoms with Gasteiger partial charge in [-0.3, -0.25) is 4.79 Å². The average molecular weight is 247 g/mol. The summed E-state index contributed by atoms with van der Waals surface area (Å²) in [6, 6.07) is 7.44. The molecular weight excluding hydrogens is 230 g/mol. The lowest BCUT2D eigenvalue weighted by atomic mass is 10.1. The van der Waals surface area contributed by atoms with Crippen LogP contribution in [0.1, 0.15) is 24.1 Å². The molecule has 0 saturated heterocycles. The van der Waals surface area contributed by atoms with Gasteiger partial charge in [0.15, 0.2) is 0 Å². The molecule has 1 unspecified atom stereocenters. The standard InChI is InChI=1S/C14H17NO3/c1-11(15-14(17)10-18-2)13-7-5-12(6-8-13)4-3-9-16/h5-8,11,16H,9-10H2,1-2H3,(H,15,17). The number of aliphatic hydroxyl groups excluding tert-OH is 1. The molecule has 0 saturated carbocycles. The highest BCUT2D eigenvalue weighted by Gasteiger charge is 2.08. The van der Waals surface area contributed by atoms with E-state index in [-0.39, 0.29) is 25.2 Å². The van der Waals surface area contributed by atoms with Crippen LogP contribution >= 0.6 is 0 Å². The number of methoxy groups -OCH3 is 1. The van der Waals surface area contributed by atoms with Crippen molar-refractivity contribution < 1.29 is 14.6 Å². The highest BCUT2D eigenvalue weighted by atomic mass is 16.5. The first-order chi connectivity index (χ1) is 8.67. The third kappa shape index (κ3) is 4.58. The summed E-state index contributed by atoms with van der Waals surface area (Å²) in [4.78, 5) is 11.3. The second-order valence-corrected chi connectivity index (χ2v) is 3.80. The molecule has 96 valence electrons. The zero-order valence-corrected chi connectivity index (χ0v) is 10.6. The molecule has 0 bridgehead atoms. The van der Waals surface area contributed by atoms with E-state index >= 15 is 0 Å². The van der Waals surface area contributed by atoms with E-state index < -0.39 is 0 Å². The van der Waals surface area contributed by atoms with Gasteiger partial charge in [-0.2, -0.15) is 0 Å². The summed E-state index contributed by atoms with van der Waals surface area (Å²) in [7, 11) is 1.48. The maximum absolute atomic E-state index is 11.3. The second kappa shape index (κ2) is 7.49. The van der Waals surface area contributed by atoms with E-state index in [1.54, 1.807) is 0 Å². The van der Waals surface area contributed by atoms with Gasteiger partial charge in [-0.05, 0) is 24.6 Å². The highest BCUT2D eigenvalue weighted by molar-refractivity contribution is 5.77. The van der Waals surface area contributed by atoms with Crippen LogP contribution in [0.25, 0.3) is 0 Å². The Balaban J connectivity index is 2.64. The van der Waals surface area contributed by atoms with Crippen molar-refractivity contribution in [3.63, 3.8) is 0 Å². The molecule has 0 fully saturated rings. The Morgan fingerprint density at radius 2 is 2.11 bits per heavy atom. The zero-order valence-electron chi connectivity index (χ0n) is 10.6. The predicted molar refractivity (Wildman–Crippen MR) is 68.8 cm³/mol. The summed E-state index contributed by atoms with van der Waals surface area (Å²) in [5.74, 6) is 5.25. The lowest BCUT2D eigenvalue weighted by molar-refractivity contribution is -0.125. The monoisotopic (exact) mass is 247 g/mol. The Bertz CT molecular complexity index is 442. The molecule has 0 aliphatic heterocycles. The van der Waals surface area contributed by atoms with Crippen molar-refractivity contribution in [3.8, 4) is 11.8 Å². The van der Waals surface area contributed by atoms with Gasteiger partial charge in [0.2, 0.25) is 5.91 Å². The lowest BCUT2D eigenvalue weighted by Gasteiger charge is -2.14. The molecule has 1 aromatic rings. The van der Waals surface area contributed by atoms with Gasteiger partial charge in [-0.25, -0.2) is 0 Å². The molecule has 4 nitrogen and oxygen atoms in total. The Morgan fingerprint density at radius 1 is 1.44 bits per heavy atom. The van der Waals surface area contributed by atoms with Crippen molar-refractivity contribution in [1.82, 2.24) is 5.32 Å².